The maximum absolute atomic E-state index is 11.9. The van der Waals surface area contributed by atoms with Gasteiger partial charge < -0.3 is 20.2 Å². The number of urea groups is 1. The van der Waals surface area contributed by atoms with Crippen LogP contribution in [0.15, 0.2) is 24.3 Å². The van der Waals surface area contributed by atoms with Gasteiger partial charge in [0.05, 0.1) is 6.10 Å². The molecule has 5 nitrogen and oxygen atoms in total. The molecule has 1 aromatic carbocycles. The van der Waals surface area contributed by atoms with Crippen molar-refractivity contribution in [2.24, 2.45) is 0 Å². The maximum atomic E-state index is 11.9. The van der Waals surface area contributed by atoms with Crippen LogP contribution in [0.3, 0.4) is 0 Å². The highest BCUT2D eigenvalue weighted by atomic mass is 16.3. The van der Waals surface area contributed by atoms with Gasteiger partial charge in [-0.2, -0.15) is 0 Å². The second-order valence-corrected chi connectivity index (χ2v) is 5.78. The predicted octanol–water partition coefficient (Wildman–Crippen LogP) is 1.66. The molecule has 0 bridgehead atoms. The molecule has 118 valence electrons. The molecule has 2 N–H and O–H groups in total. The molecule has 2 amide bonds. The lowest BCUT2D eigenvalue weighted by molar-refractivity contribution is 0.163. The quantitative estimate of drug-likeness (QED) is 0.804. The predicted molar refractivity (Wildman–Crippen MR) is 85.0 cm³/mol. The van der Waals surface area contributed by atoms with Crippen LogP contribution in [-0.2, 0) is 13.1 Å². The molecule has 0 saturated heterocycles. The average molecular weight is 293 g/mol. The molecule has 1 rings (SSSR count). The average Bonchev–Trinajstić information content (AvgIpc) is 2.41. The monoisotopic (exact) mass is 293 g/mol. The fraction of sp³-hybridized carbons (Fsp3) is 0.562. The van der Waals surface area contributed by atoms with Crippen LogP contribution in [0.25, 0.3) is 0 Å². The number of carbonyl (C=O) groups excluding carboxylic acids is 1. The lowest BCUT2D eigenvalue weighted by Gasteiger charge is -2.19. The first-order valence-electron chi connectivity index (χ1n) is 7.28. The van der Waals surface area contributed by atoms with Crippen molar-refractivity contribution in [3.05, 3.63) is 35.4 Å². The van der Waals surface area contributed by atoms with E-state index in [1.165, 1.54) is 5.56 Å². The minimum atomic E-state index is -0.386. The van der Waals surface area contributed by atoms with E-state index in [0.717, 1.165) is 12.1 Å². The lowest BCUT2D eigenvalue weighted by Crippen LogP contribution is -2.38. The van der Waals surface area contributed by atoms with Crippen molar-refractivity contribution in [1.82, 2.24) is 15.1 Å². The van der Waals surface area contributed by atoms with E-state index in [1.807, 2.05) is 26.2 Å². The Morgan fingerprint density at radius 1 is 1.29 bits per heavy atom. The van der Waals surface area contributed by atoms with Crippen LogP contribution in [-0.4, -0.2) is 54.7 Å². The summed E-state index contributed by atoms with van der Waals surface area (Å²) in [6.07, 6.45) is 0.199. The standard InChI is InChI=1S/C16H27N3O2/c1-13(20)8-9-19(4)16(21)17-11-14-6-5-7-15(10-14)12-18(2)3/h5-7,10,13,20H,8-9,11-12H2,1-4H3,(H,17,21). The summed E-state index contributed by atoms with van der Waals surface area (Å²) in [6, 6.07) is 8.09. The Bertz CT molecular complexity index is 447. The molecule has 1 unspecified atom stereocenters. The Balaban J connectivity index is 2.45. The molecule has 0 aliphatic carbocycles. The number of benzene rings is 1. The number of hydrogen-bond acceptors (Lipinski definition) is 3. The van der Waals surface area contributed by atoms with Crippen LogP contribution in [0.5, 0.6) is 0 Å². The summed E-state index contributed by atoms with van der Waals surface area (Å²) >= 11 is 0. The summed E-state index contributed by atoms with van der Waals surface area (Å²) in [7, 11) is 5.80. The van der Waals surface area contributed by atoms with E-state index in [9.17, 15) is 9.90 Å². The fourth-order valence-corrected chi connectivity index (χ4v) is 2.00. The van der Waals surface area contributed by atoms with Gasteiger partial charge in [0.25, 0.3) is 0 Å². The van der Waals surface area contributed by atoms with Gasteiger partial charge in [0.15, 0.2) is 0 Å². The van der Waals surface area contributed by atoms with Gasteiger partial charge in [0.2, 0.25) is 0 Å². The Morgan fingerprint density at radius 3 is 2.57 bits per heavy atom. The van der Waals surface area contributed by atoms with Crippen LogP contribution >= 0.6 is 0 Å². The van der Waals surface area contributed by atoms with E-state index >= 15 is 0 Å². The highest BCUT2D eigenvalue weighted by Crippen LogP contribution is 2.07. The van der Waals surface area contributed by atoms with Gasteiger partial charge in [-0.05, 0) is 38.6 Å². The number of rotatable bonds is 7. The molecular formula is C16H27N3O2. The summed E-state index contributed by atoms with van der Waals surface area (Å²) in [4.78, 5) is 15.6. The van der Waals surface area contributed by atoms with Crippen molar-refractivity contribution in [1.29, 1.82) is 0 Å². The topological polar surface area (TPSA) is 55.8 Å². The van der Waals surface area contributed by atoms with Gasteiger partial charge in [0, 0.05) is 26.7 Å². The smallest absolute Gasteiger partial charge is 0.317 e. The molecule has 0 fully saturated rings. The van der Waals surface area contributed by atoms with Crippen LogP contribution in [0.1, 0.15) is 24.5 Å². The van der Waals surface area contributed by atoms with Gasteiger partial charge in [-0.3, -0.25) is 0 Å². The second-order valence-electron chi connectivity index (χ2n) is 5.78. The van der Waals surface area contributed by atoms with Gasteiger partial charge in [-0.1, -0.05) is 24.3 Å². The number of nitrogens with zero attached hydrogens (tertiary/aromatic N) is 2. The molecular weight excluding hydrogens is 266 g/mol. The lowest BCUT2D eigenvalue weighted by atomic mass is 10.1. The van der Waals surface area contributed by atoms with Crippen molar-refractivity contribution in [2.45, 2.75) is 32.5 Å². The molecule has 21 heavy (non-hydrogen) atoms. The third-order valence-corrected chi connectivity index (χ3v) is 3.16. The number of aliphatic hydroxyl groups excluding tert-OH is 1. The summed E-state index contributed by atoms with van der Waals surface area (Å²) in [5.41, 5.74) is 2.32. The third kappa shape index (κ3) is 7.11. The summed E-state index contributed by atoms with van der Waals surface area (Å²) in [5, 5.41) is 12.1. The van der Waals surface area contributed by atoms with Gasteiger partial charge in [-0.15, -0.1) is 0 Å². The highest BCUT2D eigenvalue weighted by molar-refractivity contribution is 5.73. The Labute approximate surface area is 127 Å². The van der Waals surface area contributed by atoms with Crippen molar-refractivity contribution < 1.29 is 9.90 Å². The minimum Gasteiger partial charge on any atom is -0.393 e. The number of nitrogens with one attached hydrogen (secondary N) is 1. The van der Waals surface area contributed by atoms with Crippen LogP contribution in [0.4, 0.5) is 4.79 Å². The van der Waals surface area contributed by atoms with Gasteiger partial charge in [0.1, 0.15) is 0 Å². The zero-order chi connectivity index (χ0) is 15.8. The largest absolute Gasteiger partial charge is 0.393 e. The zero-order valence-corrected chi connectivity index (χ0v) is 13.5. The summed E-state index contributed by atoms with van der Waals surface area (Å²) in [6.45, 7) is 3.67. The SMILES string of the molecule is CC(O)CCN(C)C(=O)NCc1cccc(CN(C)C)c1. The second kappa shape index (κ2) is 8.64. The molecule has 0 saturated carbocycles. The number of hydrogen-bond donors (Lipinski definition) is 2. The molecule has 0 aliphatic rings. The van der Waals surface area contributed by atoms with Crippen molar-refractivity contribution in [3.8, 4) is 0 Å². The maximum Gasteiger partial charge on any atom is 0.317 e. The van der Waals surface area contributed by atoms with E-state index in [2.05, 4.69) is 22.3 Å². The van der Waals surface area contributed by atoms with Crippen LogP contribution in [0, 0.1) is 0 Å². The van der Waals surface area contributed by atoms with E-state index in [-0.39, 0.29) is 12.1 Å². The molecule has 0 spiro atoms. The first-order chi connectivity index (χ1) is 9.88. The Kier molecular flexibility index (Phi) is 7.19. The van der Waals surface area contributed by atoms with E-state index in [1.54, 1.807) is 18.9 Å². The minimum absolute atomic E-state index is 0.117. The molecule has 1 aromatic rings. The number of carbonyl (C=O) groups is 1. The van der Waals surface area contributed by atoms with Crippen molar-refractivity contribution in [2.75, 3.05) is 27.7 Å². The van der Waals surface area contributed by atoms with Crippen molar-refractivity contribution >= 4 is 6.03 Å². The molecule has 5 heteroatoms. The summed E-state index contributed by atoms with van der Waals surface area (Å²) < 4.78 is 0. The van der Waals surface area contributed by atoms with Gasteiger partial charge >= 0.3 is 6.03 Å². The van der Waals surface area contributed by atoms with Crippen molar-refractivity contribution in [3.63, 3.8) is 0 Å². The van der Waals surface area contributed by atoms with E-state index in [0.29, 0.717) is 19.5 Å². The van der Waals surface area contributed by atoms with Gasteiger partial charge in [-0.25, -0.2) is 4.79 Å². The van der Waals surface area contributed by atoms with E-state index < -0.39 is 0 Å². The highest BCUT2D eigenvalue weighted by Gasteiger charge is 2.09. The molecule has 0 radical (unpaired) electrons. The third-order valence-electron chi connectivity index (χ3n) is 3.16. The Hall–Kier alpha value is -1.59. The van der Waals surface area contributed by atoms with Crippen LogP contribution in [0.2, 0.25) is 0 Å². The molecule has 0 aromatic heterocycles. The van der Waals surface area contributed by atoms with E-state index in [4.69, 9.17) is 0 Å². The normalized spacial score (nSPS) is 12.3. The summed E-state index contributed by atoms with van der Waals surface area (Å²) in [5.74, 6) is 0. The Morgan fingerprint density at radius 2 is 1.95 bits per heavy atom. The number of aliphatic hydroxyl groups is 1. The zero-order valence-electron chi connectivity index (χ0n) is 13.5. The fourth-order valence-electron chi connectivity index (χ4n) is 2.00. The first-order valence-corrected chi connectivity index (χ1v) is 7.28. The molecule has 1 atom stereocenters. The first kappa shape index (κ1) is 17.5. The van der Waals surface area contributed by atoms with Crippen LogP contribution < -0.4 is 5.32 Å². The number of amides is 2. The molecule has 0 aliphatic heterocycles. The molecule has 0 heterocycles.